The minimum Gasteiger partial charge on any atom is -0.408 e. The van der Waals surface area contributed by atoms with Crippen LogP contribution in [0.5, 0.6) is 0 Å². The molecule has 18 heavy (non-hydrogen) atoms. The summed E-state index contributed by atoms with van der Waals surface area (Å²) in [5.74, 6) is -0.812. The maximum Gasteiger partial charge on any atom is 0.420 e. The number of carbonyl (C=O) groups excluding carboxylic acids is 1. The summed E-state index contributed by atoms with van der Waals surface area (Å²) in [5, 5.41) is 2.63. The van der Waals surface area contributed by atoms with E-state index < -0.39 is 5.76 Å². The van der Waals surface area contributed by atoms with Crippen molar-refractivity contribution in [2.75, 3.05) is 6.54 Å². The first kappa shape index (κ1) is 12.6. The zero-order valence-electron chi connectivity index (χ0n) is 9.48. The molecule has 1 heterocycles. The number of para-hydroxylation sites is 2. The van der Waals surface area contributed by atoms with Gasteiger partial charge in [-0.1, -0.05) is 34.6 Å². The largest absolute Gasteiger partial charge is 0.420 e. The van der Waals surface area contributed by atoms with E-state index in [2.05, 4.69) is 27.8 Å². The zero-order chi connectivity index (χ0) is 13.1. The molecule has 0 bridgehead atoms. The van der Waals surface area contributed by atoms with Gasteiger partial charge in [-0.3, -0.25) is 9.36 Å². The summed E-state index contributed by atoms with van der Waals surface area (Å²) < 4.78 is 6.99. The highest BCUT2D eigenvalue weighted by molar-refractivity contribution is 9.11. The standard InChI is InChI=1S/C12H11BrN2O3/c1-8(13)6-14-11(16)7-15-9-4-2-3-5-10(9)18-12(15)17/h2-5H,1,6-7H2,(H,14,16). The Balaban J connectivity index is 2.21. The lowest BCUT2D eigenvalue weighted by Gasteiger charge is -2.04. The van der Waals surface area contributed by atoms with Gasteiger partial charge in [0.15, 0.2) is 5.58 Å². The van der Waals surface area contributed by atoms with Crippen LogP contribution < -0.4 is 11.1 Å². The minimum atomic E-state index is -0.538. The van der Waals surface area contributed by atoms with Crippen LogP contribution in [0.3, 0.4) is 0 Å². The maximum atomic E-state index is 11.6. The molecule has 1 N–H and O–H groups in total. The normalized spacial score (nSPS) is 10.5. The number of nitrogens with zero attached hydrogens (tertiary/aromatic N) is 1. The third-order valence-electron chi connectivity index (χ3n) is 2.35. The van der Waals surface area contributed by atoms with Crippen molar-refractivity contribution >= 4 is 32.9 Å². The van der Waals surface area contributed by atoms with Crippen molar-refractivity contribution in [3.8, 4) is 0 Å². The van der Waals surface area contributed by atoms with Gasteiger partial charge in [0.25, 0.3) is 0 Å². The summed E-state index contributed by atoms with van der Waals surface area (Å²) >= 11 is 3.14. The van der Waals surface area contributed by atoms with Crippen molar-refractivity contribution in [2.24, 2.45) is 0 Å². The van der Waals surface area contributed by atoms with Crippen LogP contribution in [0.2, 0.25) is 0 Å². The molecule has 5 nitrogen and oxygen atoms in total. The second kappa shape index (κ2) is 5.22. The fourth-order valence-electron chi connectivity index (χ4n) is 1.56. The molecule has 1 amide bonds. The van der Waals surface area contributed by atoms with Crippen molar-refractivity contribution in [2.45, 2.75) is 6.54 Å². The summed E-state index contributed by atoms with van der Waals surface area (Å²) in [4.78, 5) is 23.2. The predicted octanol–water partition coefficient (Wildman–Crippen LogP) is 1.62. The highest BCUT2D eigenvalue weighted by Gasteiger charge is 2.11. The van der Waals surface area contributed by atoms with E-state index >= 15 is 0 Å². The molecule has 94 valence electrons. The number of hydrogen-bond donors (Lipinski definition) is 1. The smallest absolute Gasteiger partial charge is 0.408 e. The molecular weight excluding hydrogens is 300 g/mol. The topological polar surface area (TPSA) is 64.2 Å². The molecule has 1 aromatic heterocycles. The summed E-state index contributed by atoms with van der Waals surface area (Å²) in [5.41, 5.74) is 1.08. The van der Waals surface area contributed by atoms with Gasteiger partial charge in [-0.25, -0.2) is 4.79 Å². The van der Waals surface area contributed by atoms with E-state index in [9.17, 15) is 9.59 Å². The molecule has 0 aliphatic heterocycles. The van der Waals surface area contributed by atoms with E-state index in [1.54, 1.807) is 24.3 Å². The third kappa shape index (κ3) is 2.70. The van der Waals surface area contributed by atoms with Crippen molar-refractivity contribution in [1.29, 1.82) is 0 Å². The van der Waals surface area contributed by atoms with E-state index in [0.29, 0.717) is 22.1 Å². The summed E-state index contributed by atoms with van der Waals surface area (Å²) in [6, 6.07) is 6.97. The number of halogens is 1. The van der Waals surface area contributed by atoms with Crippen molar-refractivity contribution in [1.82, 2.24) is 9.88 Å². The minimum absolute atomic E-state index is 0.0733. The van der Waals surface area contributed by atoms with Gasteiger partial charge in [-0.2, -0.15) is 0 Å². The molecule has 0 unspecified atom stereocenters. The Morgan fingerprint density at radius 2 is 2.17 bits per heavy atom. The predicted molar refractivity (Wildman–Crippen MR) is 71.6 cm³/mol. The molecule has 6 heteroatoms. The molecule has 1 aromatic carbocycles. The van der Waals surface area contributed by atoms with Crippen molar-refractivity contribution in [3.63, 3.8) is 0 Å². The number of hydrogen-bond acceptors (Lipinski definition) is 3. The molecular formula is C12H11BrN2O3. The van der Waals surface area contributed by atoms with Gasteiger partial charge in [0, 0.05) is 11.0 Å². The van der Waals surface area contributed by atoms with Gasteiger partial charge in [-0.15, -0.1) is 0 Å². The third-order valence-corrected chi connectivity index (χ3v) is 2.63. The molecule has 0 aliphatic rings. The van der Waals surface area contributed by atoms with Gasteiger partial charge in [0.05, 0.1) is 5.52 Å². The molecule has 0 spiro atoms. The van der Waals surface area contributed by atoms with Crippen LogP contribution in [0.4, 0.5) is 0 Å². The number of aromatic nitrogens is 1. The van der Waals surface area contributed by atoms with Crippen LogP contribution in [0.15, 0.2) is 44.5 Å². The Morgan fingerprint density at radius 3 is 2.89 bits per heavy atom. The van der Waals surface area contributed by atoms with Crippen LogP contribution in [0.25, 0.3) is 11.1 Å². The van der Waals surface area contributed by atoms with E-state index in [0.717, 1.165) is 0 Å². The molecule has 0 atom stereocenters. The van der Waals surface area contributed by atoms with E-state index in [1.165, 1.54) is 4.57 Å². The Kier molecular flexibility index (Phi) is 3.66. The number of benzene rings is 1. The second-order valence-electron chi connectivity index (χ2n) is 3.72. The molecule has 0 fully saturated rings. The zero-order valence-corrected chi connectivity index (χ0v) is 11.1. The Morgan fingerprint density at radius 1 is 1.44 bits per heavy atom. The lowest BCUT2D eigenvalue weighted by atomic mass is 10.3. The van der Waals surface area contributed by atoms with Crippen LogP contribution in [-0.2, 0) is 11.3 Å². The maximum absolute atomic E-state index is 11.6. The number of oxazole rings is 1. The van der Waals surface area contributed by atoms with Crippen molar-refractivity contribution < 1.29 is 9.21 Å². The van der Waals surface area contributed by atoms with E-state index in [1.807, 2.05) is 0 Å². The highest BCUT2D eigenvalue weighted by Crippen LogP contribution is 2.11. The molecule has 0 saturated heterocycles. The van der Waals surface area contributed by atoms with Crippen molar-refractivity contribution in [3.05, 3.63) is 45.9 Å². The average Bonchev–Trinajstić information content (AvgIpc) is 2.64. The van der Waals surface area contributed by atoms with Crippen LogP contribution in [-0.4, -0.2) is 17.0 Å². The fourth-order valence-corrected chi connectivity index (χ4v) is 1.70. The van der Waals surface area contributed by atoms with Gasteiger partial charge in [0.2, 0.25) is 5.91 Å². The number of fused-ring (bicyclic) bond motifs is 1. The van der Waals surface area contributed by atoms with Crippen LogP contribution >= 0.6 is 15.9 Å². The highest BCUT2D eigenvalue weighted by atomic mass is 79.9. The van der Waals surface area contributed by atoms with Gasteiger partial charge in [-0.05, 0) is 12.1 Å². The van der Waals surface area contributed by atoms with E-state index in [4.69, 9.17) is 4.42 Å². The van der Waals surface area contributed by atoms with E-state index in [-0.39, 0.29) is 12.5 Å². The quantitative estimate of drug-likeness (QED) is 0.933. The summed E-state index contributed by atoms with van der Waals surface area (Å²) in [6.07, 6.45) is 0. The number of rotatable bonds is 4. The Labute approximate surface area is 111 Å². The monoisotopic (exact) mass is 310 g/mol. The second-order valence-corrected chi connectivity index (χ2v) is 4.84. The number of nitrogens with one attached hydrogen (secondary N) is 1. The number of amides is 1. The van der Waals surface area contributed by atoms with Crippen LogP contribution in [0, 0.1) is 0 Å². The SMILES string of the molecule is C=C(Br)CNC(=O)Cn1c(=O)oc2ccccc21. The average molecular weight is 311 g/mol. The fraction of sp³-hybridized carbons (Fsp3) is 0.167. The van der Waals surface area contributed by atoms with Gasteiger partial charge in [0.1, 0.15) is 6.54 Å². The molecule has 0 saturated carbocycles. The Bertz CT molecular complexity index is 657. The first-order valence-electron chi connectivity index (χ1n) is 5.26. The molecule has 2 aromatic rings. The molecule has 0 aliphatic carbocycles. The number of carbonyl (C=O) groups is 1. The van der Waals surface area contributed by atoms with Crippen LogP contribution in [0.1, 0.15) is 0 Å². The lowest BCUT2D eigenvalue weighted by molar-refractivity contribution is -0.121. The Hall–Kier alpha value is -1.82. The molecule has 2 rings (SSSR count). The summed E-state index contributed by atoms with van der Waals surface area (Å²) in [7, 11) is 0. The molecule has 0 radical (unpaired) electrons. The first-order valence-corrected chi connectivity index (χ1v) is 6.05. The first-order chi connectivity index (χ1) is 8.58. The summed E-state index contributed by atoms with van der Waals surface area (Å²) in [6.45, 7) is 3.86. The van der Waals surface area contributed by atoms with Gasteiger partial charge < -0.3 is 9.73 Å². The van der Waals surface area contributed by atoms with Gasteiger partial charge >= 0.3 is 5.76 Å². The lowest BCUT2D eigenvalue weighted by Crippen LogP contribution is -2.31.